The van der Waals surface area contributed by atoms with E-state index in [4.69, 9.17) is 18.0 Å². The Bertz CT molecular complexity index is 257. The first kappa shape index (κ1) is 17.3. The van der Waals surface area contributed by atoms with Crippen molar-refractivity contribution in [2.45, 2.75) is 39.3 Å². The van der Waals surface area contributed by atoms with Crippen LogP contribution in [-0.4, -0.2) is 41.2 Å². The molecule has 5 nitrogen and oxygen atoms in total. The van der Waals surface area contributed by atoms with Gasteiger partial charge in [0.15, 0.2) is 0 Å². The summed E-state index contributed by atoms with van der Waals surface area (Å²) in [5.74, 6) is -0.416. The monoisotopic (exact) mass is 276 g/mol. The number of rotatable bonds is 10. The van der Waals surface area contributed by atoms with Crippen molar-refractivity contribution in [1.29, 1.82) is 0 Å². The van der Waals surface area contributed by atoms with E-state index in [0.717, 1.165) is 6.08 Å². The van der Waals surface area contributed by atoms with Crippen molar-refractivity contribution in [1.82, 2.24) is 0 Å². The molecule has 1 atom stereocenters. The summed E-state index contributed by atoms with van der Waals surface area (Å²) >= 11 is 0. The summed E-state index contributed by atoms with van der Waals surface area (Å²) in [6.07, 6.45) is 1.83. The van der Waals surface area contributed by atoms with E-state index < -0.39 is 14.8 Å². The summed E-state index contributed by atoms with van der Waals surface area (Å²) < 4.78 is 21.8. The maximum absolute atomic E-state index is 10.9. The molecule has 0 spiro atoms. The van der Waals surface area contributed by atoms with E-state index in [1.54, 1.807) is 7.11 Å². The standard InChI is InChI=1S/C12H24O5Si/c1-6-12(13)15-9-8-10-18(14-5,16-7-2)17-11(3)4/h6,11H,1,7-10H2,2-5H3. The van der Waals surface area contributed by atoms with E-state index in [1.807, 2.05) is 20.8 Å². The first-order valence-electron chi connectivity index (χ1n) is 6.15. The van der Waals surface area contributed by atoms with Crippen LogP contribution in [0.15, 0.2) is 12.7 Å². The first-order valence-corrected chi connectivity index (χ1v) is 8.09. The summed E-state index contributed by atoms with van der Waals surface area (Å²) in [7, 11) is -1.03. The highest BCUT2D eigenvalue weighted by atomic mass is 28.4. The van der Waals surface area contributed by atoms with Crippen LogP contribution < -0.4 is 0 Å². The van der Waals surface area contributed by atoms with E-state index in [1.165, 1.54) is 0 Å². The number of carbonyl (C=O) groups is 1. The molecule has 0 N–H and O–H groups in total. The van der Waals surface area contributed by atoms with Crippen LogP contribution in [0.2, 0.25) is 6.04 Å². The van der Waals surface area contributed by atoms with Crippen molar-refractivity contribution < 1.29 is 22.8 Å². The molecule has 0 aromatic heterocycles. The summed E-state index contributed by atoms with van der Waals surface area (Å²) in [4.78, 5) is 10.9. The van der Waals surface area contributed by atoms with Gasteiger partial charge in [0.2, 0.25) is 0 Å². The average molecular weight is 276 g/mol. The molecule has 1 unspecified atom stereocenters. The minimum atomic E-state index is -2.63. The fourth-order valence-corrected chi connectivity index (χ4v) is 3.96. The molecule has 0 amide bonds. The van der Waals surface area contributed by atoms with Crippen LogP contribution in [0.5, 0.6) is 0 Å². The van der Waals surface area contributed by atoms with Crippen molar-refractivity contribution in [3.8, 4) is 0 Å². The van der Waals surface area contributed by atoms with Gasteiger partial charge in [-0.15, -0.1) is 0 Å². The van der Waals surface area contributed by atoms with Gasteiger partial charge in [0, 0.05) is 31.9 Å². The lowest BCUT2D eigenvalue weighted by Gasteiger charge is -2.29. The molecular formula is C12H24O5Si. The van der Waals surface area contributed by atoms with Gasteiger partial charge in [-0.25, -0.2) is 4.79 Å². The smallest absolute Gasteiger partial charge is 0.463 e. The van der Waals surface area contributed by atoms with Crippen LogP contribution in [0.1, 0.15) is 27.2 Å². The molecule has 0 aromatic carbocycles. The molecule has 0 bridgehead atoms. The Labute approximate surface area is 110 Å². The van der Waals surface area contributed by atoms with Crippen molar-refractivity contribution >= 4 is 14.8 Å². The average Bonchev–Trinajstić information content (AvgIpc) is 2.33. The van der Waals surface area contributed by atoms with E-state index in [-0.39, 0.29) is 6.10 Å². The van der Waals surface area contributed by atoms with Crippen molar-refractivity contribution in [3.05, 3.63) is 12.7 Å². The van der Waals surface area contributed by atoms with Gasteiger partial charge in [0.1, 0.15) is 0 Å². The lowest BCUT2D eigenvalue weighted by Crippen LogP contribution is -2.46. The lowest BCUT2D eigenvalue weighted by molar-refractivity contribution is -0.137. The highest BCUT2D eigenvalue weighted by Gasteiger charge is 2.40. The quantitative estimate of drug-likeness (QED) is 0.265. The molecular weight excluding hydrogens is 252 g/mol. The second-order valence-corrected chi connectivity index (χ2v) is 6.76. The first-order chi connectivity index (χ1) is 8.49. The lowest BCUT2D eigenvalue weighted by atomic mass is 10.5. The zero-order valence-electron chi connectivity index (χ0n) is 11.7. The summed E-state index contributed by atoms with van der Waals surface area (Å²) in [6.45, 7) is 9.98. The minimum Gasteiger partial charge on any atom is -0.463 e. The van der Waals surface area contributed by atoms with Gasteiger partial charge < -0.3 is 18.0 Å². The molecule has 0 saturated heterocycles. The fraction of sp³-hybridized carbons (Fsp3) is 0.750. The highest BCUT2D eigenvalue weighted by Crippen LogP contribution is 2.19. The van der Waals surface area contributed by atoms with Gasteiger partial charge in [-0.1, -0.05) is 6.58 Å². The van der Waals surface area contributed by atoms with Crippen molar-refractivity contribution in [3.63, 3.8) is 0 Å². The summed E-state index contributed by atoms with van der Waals surface area (Å²) in [6, 6.07) is 0.625. The second kappa shape index (κ2) is 9.27. The SMILES string of the molecule is C=CC(=O)OCCC[Si](OC)(OCC)OC(C)C. The third kappa shape index (κ3) is 6.90. The molecule has 106 valence electrons. The fourth-order valence-electron chi connectivity index (χ4n) is 1.47. The van der Waals surface area contributed by atoms with Gasteiger partial charge in [-0.05, 0) is 27.2 Å². The predicted molar refractivity (Wildman–Crippen MR) is 71.2 cm³/mol. The Morgan fingerprint density at radius 3 is 2.56 bits per heavy atom. The number of carbonyl (C=O) groups excluding carboxylic acids is 1. The number of hydrogen-bond donors (Lipinski definition) is 0. The maximum Gasteiger partial charge on any atom is 0.501 e. The molecule has 0 rings (SSSR count). The molecule has 0 saturated carbocycles. The summed E-state index contributed by atoms with van der Waals surface area (Å²) in [5, 5.41) is 0. The van der Waals surface area contributed by atoms with Gasteiger partial charge >= 0.3 is 14.8 Å². The number of esters is 1. The summed E-state index contributed by atoms with van der Waals surface area (Å²) in [5.41, 5.74) is 0. The minimum absolute atomic E-state index is 0.0406. The zero-order chi connectivity index (χ0) is 14.0. The molecule has 0 aliphatic heterocycles. The van der Waals surface area contributed by atoms with Gasteiger partial charge in [0.25, 0.3) is 0 Å². The Kier molecular flexibility index (Phi) is 8.91. The molecule has 0 aromatic rings. The molecule has 0 aliphatic carbocycles. The van der Waals surface area contributed by atoms with Crippen LogP contribution in [0.4, 0.5) is 0 Å². The maximum atomic E-state index is 10.9. The number of hydrogen-bond acceptors (Lipinski definition) is 5. The third-order valence-electron chi connectivity index (χ3n) is 2.13. The van der Waals surface area contributed by atoms with E-state index in [2.05, 4.69) is 6.58 Å². The van der Waals surface area contributed by atoms with Gasteiger partial charge in [0.05, 0.1) is 6.61 Å². The van der Waals surface area contributed by atoms with E-state index in [9.17, 15) is 4.79 Å². The zero-order valence-corrected chi connectivity index (χ0v) is 12.7. The molecule has 0 heterocycles. The van der Waals surface area contributed by atoms with Gasteiger partial charge in [-0.2, -0.15) is 0 Å². The van der Waals surface area contributed by atoms with Crippen molar-refractivity contribution in [2.24, 2.45) is 0 Å². The molecule has 0 aliphatic rings. The normalized spacial score (nSPS) is 14.3. The van der Waals surface area contributed by atoms with E-state index >= 15 is 0 Å². The third-order valence-corrected chi connectivity index (χ3v) is 5.28. The Morgan fingerprint density at radius 1 is 1.44 bits per heavy atom. The second-order valence-electron chi connectivity index (χ2n) is 3.96. The molecule has 0 radical (unpaired) electrons. The largest absolute Gasteiger partial charge is 0.501 e. The van der Waals surface area contributed by atoms with Crippen LogP contribution in [0.3, 0.4) is 0 Å². The Morgan fingerprint density at radius 2 is 2.11 bits per heavy atom. The van der Waals surface area contributed by atoms with Crippen LogP contribution >= 0.6 is 0 Å². The molecule has 6 heteroatoms. The topological polar surface area (TPSA) is 54.0 Å². The molecule has 18 heavy (non-hydrogen) atoms. The van der Waals surface area contributed by atoms with Crippen LogP contribution in [-0.2, 0) is 22.8 Å². The highest BCUT2D eigenvalue weighted by molar-refractivity contribution is 6.60. The molecule has 0 fully saturated rings. The Hall–Kier alpha value is -0.693. The van der Waals surface area contributed by atoms with Crippen LogP contribution in [0, 0.1) is 0 Å². The van der Waals surface area contributed by atoms with E-state index in [0.29, 0.717) is 25.7 Å². The van der Waals surface area contributed by atoms with Crippen molar-refractivity contribution in [2.75, 3.05) is 20.3 Å². The number of ether oxygens (including phenoxy) is 1. The Balaban J connectivity index is 4.22. The van der Waals surface area contributed by atoms with Crippen LogP contribution in [0.25, 0.3) is 0 Å². The van der Waals surface area contributed by atoms with Gasteiger partial charge in [-0.3, -0.25) is 0 Å². The predicted octanol–water partition coefficient (Wildman–Crippen LogP) is 2.15.